The second kappa shape index (κ2) is 7.14. The van der Waals surface area contributed by atoms with Gasteiger partial charge in [-0.15, -0.1) is 0 Å². The molecule has 2 aromatic rings. The molecule has 1 unspecified atom stereocenters. The van der Waals surface area contributed by atoms with Gasteiger partial charge in [0.25, 0.3) is 0 Å². The van der Waals surface area contributed by atoms with Crippen molar-refractivity contribution >= 4 is 0 Å². The molecule has 0 saturated heterocycles. The van der Waals surface area contributed by atoms with Crippen molar-refractivity contribution in [2.45, 2.75) is 19.3 Å². The molecule has 0 radical (unpaired) electrons. The van der Waals surface area contributed by atoms with E-state index in [-0.39, 0.29) is 5.92 Å². The van der Waals surface area contributed by atoms with Crippen LogP contribution in [-0.2, 0) is 6.42 Å². The SMILES string of the molecule is COc1ccc(CC(CN)c2cccc(C)c2)c(OC)c1. The molecule has 0 aliphatic rings. The maximum atomic E-state index is 5.98. The minimum atomic E-state index is 0.284. The van der Waals surface area contributed by atoms with Crippen molar-refractivity contribution in [3.63, 3.8) is 0 Å². The third-order valence-electron chi connectivity index (χ3n) is 3.76. The summed E-state index contributed by atoms with van der Waals surface area (Å²) in [5.41, 5.74) is 9.66. The lowest BCUT2D eigenvalue weighted by atomic mass is 9.91. The Hall–Kier alpha value is -2.00. The molecule has 0 aromatic heterocycles. The summed E-state index contributed by atoms with van der Waals surface area (Å²) >= 11 is 0. The van der Waals surface area contributed by atoms with Gasteiger partial charge in [-0.1, -0.05) is 35.9 Å². The van der Waals surface area contributed by atoms with Gasteiger partial charge >= 0.3 is 0 Å². The Morgan fingerprint density at radius 1 is 1.05 bits per heavy atom. The van der Waals surface area contributed by atoms with Gasteiger partial charge in [0, 0.05) is 12.0 Å². The number of nitrogens with two attached hydrogens (primary N) is 1. The smallest absolute Gasteiger partial charge is 0.125 e. The van der Waals surface area contributed by atoms with Crippen LogP contribution in [0.25, 0.3) is 0 Å². The predicted octanol–water partition coefficient (Wildman–Crippen LogP) is 3.30. The zero-order valence-corrected chi connectivity index (χ0v) is 12.9. The zero-order chi connectivity index (χ0) is 15.2. The first-order valence-corrected chi connectivity index (χ1v) is 7.15. The fourth-order valence-corrected chi connectivity index (χ4v) is 2.55. The first-order chi connectivity index (χ1) is 10.2. The summed E-state index contributed by atoms with van der Waals surface area (Å²) < 4.78 is 10.7. The van der Waals surface area contributed by atoms with Crippen LogP contribution in [0.5, 0.6) is 11.5 Å². The molecule has 0 aliphatic heterocycles. The summed E-state index contributed by atoms with van der Waals surface area (Å²) in [6, 6.07) is 14.5. The topological polar surface area (TPSA) is 44.5 Å². The molecular formula is C18H23NO2. The van der Waals surface area contributed by atoms with E-state index in [1.165, 1.54) is 11.1 Å². The van der Waals surface area contributed by atoms with Gasteiger partial charge in [-0.2, -0.15) is 0 Å². The molecule has 2 aromatic carbocycles. The van der Waals surface area contributed by atoms with Gasteiger partial charge in [-0.05, 0) is 37.1 Å². The fourth-order valence-electron chi connectivity index (χ4n) is 2.55. The predicted molar refractivity (Wildman–Crippen MR) is 86.2 cm³/mol. The van der Waals surface area contributed by atoms with Crippen LogP contribution in [-0.4, -0.2) is 20.8 Å². The molecule has 0 bridgehead atoms. The average molecular weight is 285 g/mol. The van der Waals surface area contributed by atoms with E-state index in [2.05, 4.69) is 37.3 Å². The molecule has 0 fully saturated rings. The van der Waals surface area contributed by atoms with Crippen molar-refractivity contribution in [3.8, 4) is 11.5 Å². The van der Waals surface area contributed by atoms with E-state index in [1.54, 1.807) is 14.2 Å². The second-order valence-corrected chi connectivity index (χ2v) is 5.23. The van der Waals surface area contributed by atoms with Crippen molar-refractivity contribution in [1.29, 1.82) is 0 Å². The Labute approximate surface area is 126 Å². The van der Waals surface area contributed by atoms with E-state index < -0.39 is 0 Å². The summed E-state index contributed by atoms with van der Waals surface area (Å²) in [4.78, 5) is 0. The fraction of sp³-hybridized carbons (Fsp3) is 0.333. The highest BCUT2D eigenvalue weighted by Crippen LogP contribution is 2.29. The molecule has 1 atom stereocenters. The molecule has 0 aliphatic carbocycles. The van der Waals surface area contributed by atoms with Crippen LogP contribution >= 0.6 is 0 Å². The number of hydrogen-bond donors (Lipinski definition) is 1. The van der Waals surface area contributed by atoms with Gasteiger partial charge in [0.1, 0.15) is 11.5 Å². The first-order valence-electron chi connectivity index (χ1n) is 7.15. The van der Waals surface area contributed by atoms with E-state index in [4.69, 9.17) is 15.2 Å². The van der Waals surface area contributed by atoms with Gasteiger partial charge in [0.05, 0.1) is 14.2 Å². The molecule has 0 saturated carbocycles. The van der Waals surface area contributed by atoms with E-state index in [1.807, 2.05) is 12.1 Å². The molecule has 0 amide bonds. The molecule has 3 heteroatoms. The second-order valence-electron chi connectivity index (χ2n) is 5.23. The third kappa shape index (κ3) is 3.76. The highest BCUT2D eigenvalue weighted by atomic mass is 16.5. The van der Waals surface area contributed by atoms with Crippen LogP contribution in [0.1, 0.15) is 22.6 Å². The van der Waals surface area contributed by atoms with Crippen molar-refractivity contribution in [3.05, 3.63) is 59.2 Å². The lowest BCUT2D eigenvalue weighted by Gasteiger charge is -2.18. The van der Waals surface area contributed by atoms with Gasteiger partial charge < -0.3 is 15.2 Å². The molecule has 0 spiro atoms. The van der Waals surface area contributed by atoms with Crippen molar-refractivity contribution in [2.24, 2.45) is 5.73 Å². The molecule has 2 N–H and O–H groups in total. The van der Waals surface area contributed by atoms with E-state index in [9.17, 15) is 0 Å². The molecule has 3 nitrogen and oxygen atoms in total. The monoisotopic (exact) mass is 285 g/mol. The Balaban J connectivity index is 2.26. The zero-order valence-electron chi connectivity index (χ0n) is 12.9. The van der Waals surface area contributed by atoms with Gasteiger partial charge in [-0.25, -0.2) is 0 Å². The minimum absolute atomic E-state index is 0.284. The number of benzene rings is 2. The standard InChI is InChI=1S/C18H23NO2/c1-13-5-4-6-14(9-13)16(12-19)10-15-7-8-17(20-2)11-18(15)21-3/h4-9,11,16H,10,12,19H2,1-3H3. The lowest BCUT2D eigenvalue weighted by Crippen LogP contribution is -2.15. The third-order valence-corrected chi connectivity index (χ3v) is 3.76. The Bertz CT molecular complexity index is 596. The molecular weight excluding hydrogens is 262 g/mol. The highest BCUT2D eigenvalue weighted by Gasteiger charge is 2.14. The van der Waals surface area contributed by atoms with Crippen LogP contribution < -0.4 is 15.2 Å². The minimum Gasteiger partial charge on any atom is -0.497 e. The van der Waals surface area contributed by atoms with Crippen LogP contribution in [0, 0.1) is 6.92 Å². The average Bonchev–Trinajstić information content (AvgIpc) is 2.52. The van der Waals surface area contributed by atoms with Crippen LogP contribution in [0.2, 0.25) is 0 Å². The van der Waals surface area contributed by atoms with E-state index >= 15 is 0 Å². The Morgan fingerprint density at radius 2 is 1.86 bits per heavy atom. The lowest BCUT2D eigenvalue weighted by molar-refractivity contribution is 0.390. The van der Waals surface area contributed by atoms with E-state index in [0.29, 0.717) is 6.54 Å². The van der Waals surface area contributed by atoms with Crippen LogP contribution in [0.3, 0.4) is 0 Å². The maximum absolute atomic E-state index is 5.98. The van der Waals surface area contributed by atoms with Crippen molar-refractivity contribution in [1.82, 2.24) is 0 Å². The highest BCUT2D eigenvalue weighted by molar-refractivity contribution is 5.42. The van der Waals surface area contributed by atoms with Crippen molar-refractivity contribution in [2.75, 3.05) is 20.8 Å². The number of rotatable bonds is 6. The number of aryl methyl sites for hydroxylation is 1. The quantitative estimate of drug-likeness (QED) is 0.885. The van der Waals surface area contributed by atoms with Gasteiger partial charge in [0.15, 0.2) is 0 Å². The number of ether oxygens (including phenoxy) is 2. The largest absolute Gasteiger partial charge is 0.497 e. The van der Waals surface area contributed by atoms with Crippen LogP contribution in [0.15, 0.2) is 42.5 Å². The van der Waals surface area contributed by atoms with Gasteiger partial charge in [0.2, 0.25) is 0 Å². The Kier molecular flexibility index (Phi) is 5.23. The van der Waals surface area contributed by atoms with Crippen LogP contribution in [0.4, 0.5) is 0 Å². The molecule has 2 rings (SSSR count). The molecule has 21 heavy (non-hydrogen) atoms. The normalized spacial score (nSPS) is 12.0. The number of hydrogen-bond acceptors (Lipinski definition) is 3. The van der Waals surface area contributed by atoms with E-state index in [0.717, 1.165) is 23.5 Å². The summed E-state index contributed by atoms with van der Waals surface area (Å²) in [6.07, 6.45) is 0.854. The Morgan fingerprint density at radius 3 is 2.48 bits per heavy atom. The summed E-state index contributed by atoms with van der Waals surface area (Å²) in [6.45, 7) is 2.71. The van der Waals surface area contributed by atoms with Gasteiger partial charge in [-0.3, -0.25) is 0 Å². The number of methoxy groups -OCH3 is 2. The summed E-state index contributed by atoms with van der Waals surface area (Å²) in [5, 5.41) is 0. The first kappa shape index (κ1) is 15.4. The summed E-state index contributed by atoms with van der Waals surface area (Å²) in [5.74, 6) is 1.93. The van der Waals surface area contributed by atoms with Crippen molar-refractivity contribution < 1.29 is 9.47 Å². The maximum Gasteiger partial charge on any atom is 0.125 e. The molecule has 0 heterocycles. The summed E-state index contributed by atoms with van der Waals surface area (Å²) in [7, 11) is 3.34. The molecule has 112 valence electrons.